The molecule has 2 heterocycles. The van der Waals surface area contributed by atoms with Crippen LogP contribution in [0.15, 0.2) is 30.3 Å². The molecule has 0 aliphatic carbocycles. The summed E-state index contributed by atoms with van der Waals surface area (Å²) in [5, 5.41) is 3.51. The summed E-state index contributed by atoms with van der Waals surface area (Å²) in [7, 11) is 1.36. The quantitative estimate of drug-likeness (QED) is 0.762. The number of nitrogens with one attached hydrogen (secondary N) is 2. The van der Waals surface area contributed by atoms with Crippen molar-refractivity contribution >= 4 is 33.9 Å². The van der Waals surface area contributed by atoms with Crippen LogP contribution in [0.25, 0.3) is 0 Å². The number of para-hydroxylation sites is 1. The Morgan fingerprint density at radius 3 is 2.48 bits per heavy atom. The average Bonchev–Trinajstić information content (AvgIpc) is 2.95. The van der Waals surface area contributed by atoms with Gasteiger partial charge < -0.3 is 19.9 Å². The van der Waals surface area contributed by atoms with E-state index in [1.165, 1.54) is 29.0 Å². The number of anilines is 2. The minimum absolute atomic E-state index is 0.0652. The van der Waals surface area contributed by atoms with E-state index in [0.717, 1.165) is 36.6 Å². The molecule has 144 valence electrons. The van der Waals surface area contributed by atoms with Crippen molar-refractivity contribution in [2.45, 2.75) is 13.8 Å². The molecular weight excluding hydrogens is 362 g/mol. The van der Waals surface area contributed by atoms with Gasteiger partial charge in [0.2, 0.25) is 0 Å². The lowest BCUT2D eigenvalue weighted by molar-refractivity contribution is -0.892. The Hall–Kier alpha value is -2.38. The van der Waals surface area contributed by atoms with Crippen molar-refractivity contribution < 1.29 is 19.2 Å². The molecule has 1 aromatic carbocycles. The summed E-state index contributed by atoms with van der Waals surface area (Å²) in [5.74, 6) is -0.472. The smallest absolute Gasteiger partial charge is 0.341 e. The number of esters is 1. The molecular formula is C20H26N3O3S+. The first-order chi connectivity index (χ1) is 13.0. The number of amides is 1. The number of carbonyl (C=O) groups excluding carboxylic acids is 2. The molecule has 0 unspecified atom stereocenters. The van der Waals surface area contributed by atoms with E-state index in [4.69, 9.17) is 4.74 Å². The molecule has 0 spiro atoms. The molecule has 6 nitrogen and oxygen atoms in total. The number of thiophene rings is 1. The van der Waals surface area contributed by atoms with Crippen LogP contribution >= 0.6 is 11.3 Å². The number of nitrogens with zero attached hydrogens (tertiary/aromatic N) is 1. The molecule has 3 rings (SSSR count). The van der Waals surface area contributed by atoms with Gasteiger partial charge in [0.15, 0.2) is 6.54 Å². The number of carbonyl (C=O) groups is 2. The molecule has 0 saturated carbocycles. The first kappa shape index (κ1) is 19.4. The van der Waals surface area contributed by atoms with Gasteiger partial charge in [-0.15, -0.1) is 11.3 Å². The van der Waals surface area contributed by atoms with Gasteiger partial charge in [-0.1, -0.05) is 18.2 Å². The third-order valence-corrected chi connectivity index (χ3v) is 6.15. The van der Waals surface area contributed by atoms with Crippen molar-refractivity contribution in [1.29, 1.82) is 0 Å². The largest absolute Gasteiger partial charge is 0.465 e. The predicted molar refractivity (Wildman–Crippen MR) is 108 cm³/mol. The minimum Gasteiger partial charge on any atom is -0.465 e. The molecule has 0 radical (unpaired) electrons. The fraction of sp³-hybridized carbons (Fsp3) is 0.400. The van der Waals surface area contributed by atoms with Crippen LogP contribution < -0.4 is 15.1 Å². The summed E-state index contributed by atoms with van der Waals surface area (Å²) in [6.45, 7) is 7.90. The van der Waals surface area contributed by atoms with E-state index in [2.05, 4.69) is 22.3 Å². The number of hydrogen-bond acceptors (Lipinski definition) is 5. The Kier molecular flexibility index (Phi) is 6.13. The fourth-order valence-electron chi connectivity index (χ4n) is 3.36. The molecule has 7 heteroatoms. The summed E-state index contributed by atoms with van der Waals surface area (Å²) in [5.41, 5.74) is 2.57. The number of rotatable bonds is 5. The maximum absolute atomic E-state index is 12.5. The van der Waals surface area contributed by atoms with Crippen LogP contribution in [0.1, 0.15) is 20.8 Å². The summed E-state index contributed by atoms with van der Waals surface area (Å²) < 4.78 is 4.86. The van der Waals surface area contributed by atoms with Gasteiger partial charge in [-0.25, -0.2) is 4.79 Å². The zero-order chi connectivity index (χ0) is 19.4. The number of aryl methyl sites for hydroxylation is 1. The highest BCUT2D eigenvalue weighted by Crippen LogP contribution is 2.32. The molecule has 1 saturated heterocycles. The van der Waals surface area contributed by atoms with Gasteiger partial charge in [-0.2, -0.15) is 0 Å². The number of ether oxygens (including phenoxy) is 1. The summed E-state index contributed by atoms with van der Waals surface area (Å²) in [4.78, 5) is 29.2. The van der Waals surface area contributed by atoms with Crippen molar-refractivity contribution in [3.05, 3.63) is 46.3 Å². The van der Waals surface area contributed by atoms with Crippen LogP contribution in [-0.2, 0) is 9.53 Å². The van der Waals surface area contributed by atoms with Crippen molar-refractivity contribution in [2.75, 3.05) is 50.1 Å². The second-order valence-corrected chi connectivity index (χ2v) is 8.00. The van der Waals surface area contributed by atoms with Gasteiger partial charge in [0.05, 0.1) is 38.9 Å². The lowest BCUT2D eigenvalue weighted by atomic mass is 10.1. The third kappa shape index (κ3) is 4.48. The topological polar surface area (TPSA) is 63.1 Å². The molecule has 0 atom stereocenters. The van der Waals surface area contributed by atoms with Crippen LogP contribution in [0.5, 0.6) is 0 Å². The van der Waals surface area contributed by atoms with E-state index in [1.807, 2.05) is 32.0 Å². The number of hydrogen-bond donors (Lipinski definition) is 2. The molecule has 2 aromatic rings. The molecule has 1 aromatic heterocycles. The monoisotopic (exact) mass is 388 g/mol. The predicted octanol–water partition coefficient (Wildman–Crippen LogP) is 1.50. The molecule has 1 fully saturated rings. The standard InChI is InChI=1S/C20H25N3O3S/c1-14-15(2)27-19(18(14)20(25)26-3)21-17(24)13-22-9-11-23(12-10-22)16-7-5-4-6-8-16/h4-8H,9-13H2,1-3H3,(H,21,24)/p+1. The Balaban J connectivity index is 1.57. The fourth-order valence-corrected chi connectivity index (χ4v) is 4.42. The van der Waals surface area contributed by atoms with Gasteiger partial charge in [-0.3, -0.25) is 4.79 Å². The van der Waals surface area contributed by atoms with E-state index in [0.29, 0.717) is 17.1 Å². The average molecular weight is 389 g/mol. The van der Waals surface area contributed by atoms with E-state index < -0.39 is 5.97 Å². The maximum atomic E-state index is 12.5. The van der Waals surface area contributed by atoms with Gasteiger partial charge in [0, 0.05) is 10.6 Å². The summed E-state index contributed by atoms with van der Waals surface area (Å²) in [6, 6.07) is 10.4. The highest BCUT2D eigenvalue weighted by Gasteiger charge is 2.25. The van der Waals surface area contributed by atoms with Crippen molar-refractivity contribution in [3.8, 4) is 0 Å². The highest BCUT2D eigenvalue weighted by molar-refractivity contribution is 7.16. The van der Waals surface area contributed by atoms with Crippen molar-refractivity contribution in [1.82, 2.24) is 0 Å². The van der Waals surface area contributed by atoms with Crippen LogP contribution in [0.2, 0.25) is 0 Å². The number of methoxy groups -OCH3 is 1. The zero-order valence-electron chi connectivity index (χ0n) is 16.0. The van der Waals surface area contributed by atoms with Gasteiger partial charge in [0.1, 0.15) is 5.00 Å². The van der Waals surface area contributed by atoms with Crippen LogP contribution in [0.4, 0.5) is 10.7 Å². The lowest BCUT2D eigenvalue weighted by Gasteiger charge is -2.33. The SMILES string of the molecule is COC(=O)c1c(NC(=O)C[NH+]2CCN(c3ccccc3)CC2)sc(C)c1C. The normalized spacial score (nSPS) is 14.9. The van der Waals surface area contributed by atoms with Crippen LogP contribution in [-0.4, -0.2) is 51.7 Å². The Morgan fingerprint density at radius 2 is 1.85 bits per heavy atom. The Morgan fingerprint density at radius 1 is 1.19 bits per heavy atom. The van der Waals surface area contributed by atoms with Gasteiger partial charge in [0.25, 0.3) is 5.91 Å². The third-order valence-electron chi connectivity index (χ3n) is 5.03. The van der Waals surface area contributed by atoms with Crippen molar-refractivity contribution in [3.63, 3.8) is 0 Å². The summed E-state index contributed by atoms with van der Waals surface area (Å²) in [6.07, 6.45) is 0. The number of benzene rings is 1. The van der Waals surface area contributed by atoms with E-state index in [1.54, 1.807) is 0 Å². The Bertz CT molecular complexity index is 811. The minimum atomic E-state index is -0.407. The molecule has 2 N–H and O–H groups in total. The van der Waals surface area contributed by atoms with E-state index in [-0.39, 0.29) is 5.91 Å². The number of quaternary nitrogens is 1. The Labute approximate surface area is 163 Å². The lowest BCUT2D eigenvalue weighted by Crippen LogP contribution is -3.15. The first-order valence-corrected chi connectivity index (χ1v) is 9.93. The van der Waals surface area contributed by atoms with E-state index >= 15 is 0 Å². The molecule has 1 aliphatic rings. The number of piperazine rings is 1. The van der Waals surface area contributed by atoms with Gasteiger partial charge >= 0.3 is 5.97 Å². The second-order valence-electron chi connectivity index (χ2n) is 6.78. The maximum Gasteiger partial charge on any atom is 0.341 e. The second kappa shape index (κ2) is 8.54. The highest BCUT2D eigenvalue weighted by atomic mass is 32.1. The van der Waals surface area contributed by atoms with Gasteiger partial charge in [-0.05, 0) is 31.5 Å². The van der Waals surface area contributed by atoms with E-state index in [9.17, 15) is 9.59 Å². The van der Waals surface area contributed by atoms with Crippen molar-refractivity contribution in [2.24, 2.45) is 0 Å². The molecule has 0 bridgehead atoms. The van der Waals surface area contributed by atoms with Crippen LogP contribution in [0.3, 0.4) is 0 Å². The molecule has 27 heavy (non-hydrogen) atoms. The van der Waals surface area contributed by atoms with Crippen LogP contribution in [0, 0.1) is 13.8 Å². The summed E-state index contributed by atoms with van der Waals surface area (Å²) >= 11 is 1.42. The molecule has 1 aliphatic heterocycles. The first-order valence-electron chi connectivity index (χ1n) is 9.11. The molecule has 1 amide bonds. The zero-order valence-corrected chi connectivity index (χ0v) is 16.8.